The number of aromatic amines is 1. The van der Waals surface area contributed by atoms with Crippen molar-refractivity contribution < 1.29 is 18.7 Å². The predicted molar refractivity (Wildman–Crippen MR) is 112 cm³/mol. The summed E-state index contributed by atoms with van der Waals surface area (Å²) in [6.45, 7) is 1.49. The number of aromatic nitrogens is 2. The maximum atomic E-state index is 13.6. The van der Waals surface area contributed by atoms with E-state index < -0.39 is 24.3 Å². The zero-order chi connectivity index (χ0) is 21.1. The van der Waals surface area contributed by atoms with Crippen LogP contribution in [0, 0.1) is 12.7 Å². The molecule has 150 valence electrons. The second-order valence-electron chi connectivity index (χ2n) is 6.79. The molecule has 1 heterocycles. The van der Waals surface area contributed by atoms with Crippen LogP contribution in [0.15, 0.2) is 66.7 Å². The Balaban J connectivity index is 1.43. The van der Waals surface area contributed by atoms with Crippen LogP contribution >= 0.6 is 0 Å². The van der Waals surface area contributed by atoms with Gasteiger partial charge in [0.25, 0.3) is 5.91 Å². The molecule has 0 radical (unpaired) electrons. The van der Waals surface area contributed by atoms with Gasteiger partial charge >= 0.3 is 5.97 Å². The number of para-hydroxylation sites is 1. The Hall–Kier alpha value is -4.00. The number of imidazole rings is 1. The number of amides is 1. The Kier molecular flexibility index (Phi) is 5.26. The molecule has 3 aromatic carbocycles. The quantitative estimate of drug-likeness (QED) is 0.482. The highest BCUT2D eigenvalue weighted by Crippen LogP contribution is 2.22. The number of H-pyrrole nitrogens is 1. The Morgan fingerprint density at radius 1 is 1.07 bits per heavy atom. The van der Waals surface area contributed by atoms with Crippen LogP contribution < -0.4 is 5.32 Å². The average molecular weight is 403 g/mol. The fraction of sp³-hybridized carbons (Fsp3) is 0.0870. The monoisotopic (exact) mass is 403 g/mol. The number of nitrogens with zero attached hydrogens (tertiary/aromatic N) is 1. The van der Waals surface area contributed by atoms with E-state index in [-0.39, 0.29) is 11.3 Å². The molecule has 0 unspecified atom stereocenters. The van der Waals surface area contributed by atoms with Crippen LogP contribution in [0.25, 0.3) is 22.4 Å². The number of esters is 1. The van der Waals surface area contributed by atoms with Gasteiger partial charge in [0.15, 0.2) is 6.61 Å². The molecule has 1 aromatic heterocycles. The van der Waals surface area contributed by atoms with Gasteiger partial charge < -0.3 is 15.0 Å². The van der Waals surface area contributed by atoms with Crippen molar-refractivity contribution in [2.75, 3.05) is 11.9 Å². The maximum Gasteiger partial charge on any atom is 0.338 e. The molecule has 0 saturated carbocycles. The summed E-state index contributed by atoms with van der Waals surface area (Å²) in [6.07, 6.45) is 0. The first kappa shape index (κ1) is 19.3. The van der Waals surface area contributed by atoms with Gasteiger partial charge in [0.1, 0.15) is 11.6 Å². The van der Waals surface area contributed by atoms with Gasteiger partial charge in [0.05, 0.1) is 22.3 Å². The number of aryl methyl sites for hydroxylation is 1. The largest absolute Gasteiger partial charge is 0.452 e. The Morgan fingerprint density at radius 2 is 1.83 bits per heavy atom. The van der Waals surface area contributed by atoms with E-state index in [2.05, 4.69) is 15.3 Å². The van der Waals surface area contributed by atoms with Gasteiger partial charge in [-0.3, -0.25) is 4.79 Å². The fourth-order valence-corrected chi connectivity index (χ4v) is 2.95. The van der Waals surface area contributed by atoms with Gasteiger partial charge in [-0.05, 0) is 37.3 Å². The molecule has 0 spiro atoms. The van der Waals surface area contributed by atoms with Crippen LogP contribution in [-0.2, 0) is 9.53 Å². The molecule has 6 nitrogen and oxygen atoms in total. The number of halogens is 1. The minimum absolute atomic E-state index is 0.0288. The number of anilines is 1. The van der Waals surface area contributed by atoms with E-state index in [0.29, 0.717) is 16.9 Å². The third-order valence-electron chi connectivity index (χ3n) is 4.52. The van der Waals surface area contributed by atoms with Crippen molar-refractivity contribution in [2.45, 2.75) is 6.92 Å². The van der Waals surface area contributed by atoms with Crippen molar-refractivity contribution in [3.8, 4) is 11.4 Å². The van der Waals surface area contributed by atoms with Crippen LogP contribution in [-0.4, -0.2) is 28.5 Å². The van der Waals surface area contributed by atoms with Gasteiger partial charge in [-0.25, -0.2) is 14.2 Å². The summed E-state index contributed by atoms with van der Waals surface area (Å²) in [4.78, 5) is 32.0. The molecule has 30 heavy (non-hydrogen) atoms. The lowest BCUT2D eigenvalue weighted by atomic mass is 10.1. The second-order valence-corrected chi connectivity index (χ2v) is 6.79. The van der Waals surface area contributed by atoms with Crippen LogP contribution in [0.3, 0.4) is 0 Å². The summed E-state index contributed by atoms with van der Waals surface area (Å²) < 4.78 is 18.6. The Labute approximate surface area is 171 Å². The number of benzene rings is 3. The summed E-state index contributed by atoms with van der Waals surface area (Å²) in [6, 6.07) is 18.6. The smallest absolute Gasteiger partial charge is 0.338 e. The molecule has 1 amide bonds. The molecule has 0 fully saturated rings. The second kappa shape index (κ2) is 8.16. The molecular formula is C23H18FN3O3. The molecule has 0 aliphatic rings. The van der Waals surface area contributed by atoms with Gasteiger partial charge in [-0.2, -0.15) is 0 Å². The van der Waals surface area contributed by atoms with Gasteiger partial charge in [-0.15, -0.1) is 0 Å². The first-order chi connectivity index (χ1) is 14.5. The molecule has 4 rings (SSSR count). The van der Waals surface area contributed by atoms with E-state index in [9.17, 15) is 14.0 Å². The minimum Gasteiger partial charge on any atom is -0.452 e. The van der Waals surface area contributed by atoms with Gasteiger partial charge in [0.2, 0.25) is 0 Å². The first-order valence-electron chi connectivity index (χ1n) is 9.28. The number of hydrogen-bond acceptors (Lipinski definition) is 4. The van der Waals surface area contributed by atoms with Crippen molar-refractivity contribution in [1.82, 2.24) is 9.97 Å². The third kappa shape index (κ3) is 4.20. The predicted octanol–water partition coefficient (Wildman–Crippen LogP) is 4.47. The first-order valence-corrected chi connectivity index (χ1v) is 9.28. The zero-order valence-corrected chi connectivity index (χ0v) is 16.1. The van der Waals surface area contributed by atoms with Crippen molar-refractivity contribution >= 4 is 28.6 Å². The van der Waals surface area contributed by atoms with Crippen molar-refractivity contribution in [3.63, 3.8) is 0 Å². The molecule has 0 aliphatic carbocycles. The number of ether oxygens (including phenoxy) is 1. The third-order valence-corrected chi connectivity index (χ3v) is 4.52. The van der Waals surface area contributed by atoms with Crippen LogP contribution in [0.1, 0.15) is 15.9 Å². The molecule has 0 aliphatic heterocycles. The van der Waals surface area contributed by atoms with E-state index in [1.807, 2.05) is 31.2 Å². The summed E-state index contributed by atoms with van der Waals surface area (Å²) in [5, 5.41) is 2.36. The standard InChI is InChI=1S/C23H18FN3O3/c1-14-6-8-15(9-7-14)22-26-19-11-10-16(12-20(19)27-22)23(29)30-13-21(28)25-18-5-3-2-4-17(18)24/h2-12H,13H2,1H3,(H,25,28)(H,26,27). The van der Waals surface area contributed by atoms with E-state index in [1.165, 1.54) is 18.2 Å². The number of carbonyl (C=O) groups is 2. The lowest BCUT2D eigenvalue weighted by Gasteiger charge is -2.07. The number of carbonyl (C=O) groups excluding carboxylic acids is 2. The highest BCUT2D eigenvalue weighted by Gasteiger charge is 2.14. The van der Waals surface area contributed by atoms with Crippen LogP contribution in [0.2, 0.25) is 0 Å². The number of nitrogens with one attached hydrogen (secondary N) is 2. The van der Waals surface area contributed by atoms with Crippen LogP contribution in [0.4, 0.5) is 10.1 Å². The molecular weight excluding hydrogens is 385 g/mol. The summed E-state index contributed by atoms with van der Waals surface area (Å²) in [5.41, 5.74) is 3.78. The highest BCUT2D eigenvalue weighted by atomic mass is 19.1. The SMILES string of the molecule is Cc1ccc(-c2nc3ccc(C(=O)OCC(=O)Nc4ccccc4F)cc3[nH]2)cc1. The van der Waals surface area contributed by atoms with Crippen molar-refractivity contribution in [1.29, 1.82) is 0 Å². The average Bonchev–Trinajstić information content (AvgIpc) is 3.17. The maximum absolute atomic E-state index is 13.6. The van der Waals surface area contributed by atoms with Crippen LogP contribution in [0.5, 0.6) is 0 Å². The van der Waals surface area contributed by atoms with Gasteiger partial charge in [0, 0.05) is 5.56 Å². The molecule has 2 N–H and O–H groups in total. The summed E-state index contributed by atoms with van der Waals surface area (Å²) in [5.74, 6) is -1.16. The minimum atomic E-state index is -0.660. The number of rotatable bonds is 5. The molecule has 7 heteroatoms. The Morgan fingerprint density at radius 3 is 2.60 bits per heavy atom. The van der Waals surface area contributed by atoms with Gasteiger partial charge in [-0.1, -0.05) is 42.0 Å². The van der Waals surface area contributed by atoms with Crippen molar-refractivity contribution in [2.24, 2.45) is 0 Å². The number of fused-ring (bicyclic) bond motifs is 1. The topological polar surface area (TPSA) is 84.1 Å². The molecule has 4 aromatic rings. The van der Waals surface area contributed by atoms with E-state index in [0.717, 1.165) is 11.1 Å². The van der Waals surface area contributed by atoms with E-state index in [1.54, 1.807) is 24.3 Å². The molecule has 0 saturated heterocycles. The normalized spacial score (nSPS) is 10.7. The summed E-state index contributed by atoms with van der Waals surface area (Å²) in [7, 11) is 0. The lowest BCUT2D eigenvalue weighted by Crippen LogP contribution is -2.21. The van der Waals surface area contributed by atoms with E-state index >= 15 is 0 Å². The number of hydrogen-bond donors (Lipinski definition) is 2. The highest BCUT2D eigenvalue weighted by molar-refractivity contribution is 5.97. The summed E-state index contributed by atoms with van der Waals surface area (Å²) >= 11 is 0. The lowest BCUT2D eigenvalue weighted by molar-refractivity contribution is -0.119. The van der Waals surface area contributed by atoms with E-state index in [4.69, 9.17) is 4.74 Å². The van der Waals surface area contributed by atoms with Crippen molar-refractivity contribution in [3.05, 3.63) is 83.7 Å². The molecule has 0 atom stereocenters. The fourth-order valence-electron chi connectivity index (χ4n) is 2.95. The molecule has 0 bridgehead atoms. The zero-order valence-electron chi connectivity index (χ0n) is 16.1. The Bertz CT molecular complexity index is 1230.